The van der Waals surface area contributed by atoms with Crippen LogP contribution in [0.1, 0.15) is 69.6 Å². The first-order valence-electron chi connectivity index (χ1n) is 9.61. The molecule has 26 heavy (non-hydrogen) atoms. The van der Waals surface area contributed by atoms with Crippen molar-refractivity contribution in [2.45, 2.75) is 72.1 Å². The van der Waals surface area contributed by atoms with Gasteiger partial charge in [-0.3, -0.25) is 0 Å². The second-order valence-corrected chi connectivity index (χ2v) is 8.11. The summed E-state index contributed by atoms with van der Waals surface area (Å²) in [6, 6.07) is 7.42. The summed E-state index contributed by atoms with van der Waals surface area (Å²) in [5, 5.41) is 21.3. The Bertz CT molecular complexity index is 732. The van der Waals surface area contributed by atoms with E-state index in [1.807, 2.05) is 26.0 Å². The number of anilines is 1. The van der Waals surface area contributed by atoms with Gasteiger partial charge in [0.15, 0.2) is 0 Å². The maximum atomic E-state index is 10.7. The Morgan fingerprint density at radius 1 is 0.885 bits per heavy atom. The van der Waals surface area contributed by atoms with Crippen molar-refractivity contribution in [2.24, 2.45) is 0 Å². The third-order valence-corrected chi connectivity index (χ3v) is 5.42. The number of nitrogen functional groups attached to an aromatic ring is 1. The largest absolute Gasteiger partial charge is 0.507 e. The number of aryl methyl sites for hydroxylation is 2. The van der Waals surface area contributed by atoms with Gasteiger partial charge >= 0.3 is 0 Å². The normalized spacial score (nSPS) is 11.7. The van der Waals surface area contributed by atoms with Crippen LogP contribution in [0.15, 0.2) is 24.3 Å². The molecular weight excluding hydrogens is 322 g/mol. The molecule has 0 bridgehead atoms. The average Bonchev–Trinajstić information content (AvgIpc) is 2.56. The second kappa shape index (κ2) is 8.03. The van der Waals surface area contributed by atoms with Crippen molar-refractivity contribution in [3.8, 4) is 22.6 Å². The van der Waals surface area contributed by atoms with Gasteiger partial charge in [-0.1, -0.05) is 46.5 Å². The van der Waals surface area contributed by atoms with Gasteiger partial charge in [0.2, 0.25) is 0 Å². The summed E-state index contributed by atoms with van der Waals surface area (Å²) in [6.45, 7) is 10.4. The van der Waals surface area contributed by atoms with Crippen LogP contribution in [0.2, 0.25) is 0 Å². The Kier molecular flexibility index (Phi) is 6.22. The zero-order valence-corrected chi connectivity index (χ0v) is 16.8. The van der Waals surface area contributed by atoms with Crippen LogP contribution in [-0.2, 0) is 5.41 Å². The lowest BCUT2D eigenvalue weighted by molar-refractivity contribution is 0.425. The van der Waals surface area contributed by atoms with Gasteiger partial charge < -0.3 is 15.9 Å². The number of hydrogen-bond donors (Lipinski definition) is 3. The standard InChI is InChI=1S/C23H33NO2/c1-6-7-8-9-10-23(4,5)18-13-19(25)21(20(26)14-18)17-11-15(2)22(24)16(3)12-17/h11-14,25-26H,6-10,24H2,1-5H3. The average molecular weight is 356 g/mol. The highest BCUT2D eigenvalue weighted by Gasteiger charge is 2.24. The van der Waals surface area contributed by atoms with Crippen molar-refractivity contribution in [3.05, 3.63) is 41.0 Å². The lowest BCUT2D eigenvalue weighted by Gasteiger charge is -2.26. The van der Waals surface area contributed by atoms with Crippen molar-refractivity contribution in [3.63, 3.8) is 0 Å². The van der Waals surface area contributed by atoms with E-state index in [9.17, 15) is 10.2 Å². The molecule has 0 unspecified atom stereocenters. The minimum atomic E-state index is -0.0891. The minimum Gasteiger partial charge on any atom is -0.507 e. The Balaban J connectivity index is 2.36. The molecule has 0 saturated heterocycles. The first kappa shape index (κ1) is 20.2. The monoisotopic (exact) mass is 355 g/mol. The van der Waals surface area contributed by atoms with Gasteiger partial charge in [-0.05, 0) is 72.2 Å². The Labute approximate surface area is 157 Å². The van der Waals surface area contributed by atoms with Crippen molar-refractivity contribution in [1.82, 2.24) is 0 Å². The van der Waals surface area contributed by atoms with E-state index in [1.165, 1.54) is 19.3 Å². The number of hydrogen-bond acceptors (Lipinski definition) is 3. The number of aromatic hydroxyl groups is 2. The molecule has 3 heteroatoms. The minimum absolute atomic E-state index is 0.0891. The van der Waals surface area contributed by atoms with Gasteiger partial charge in [0.1, 0.15) is 11.5 Å². The summed E-state index contributed by atoms with van der Waals surface area (Å²) in [5.41, 5.74) is 10.8. The molecule has 0 aliphatic heterocycles. The molecule has 0 aliphatic rings. The number of nitrogens with two attached hydrogens (primary N) is 1. The fourth-order valence-corrected chi connectivity index (χ4v) is 3.56. The fraction of sp³-hybridized carbons (Fsp3) is 0.478. The smallest absolute Gasteiger partial charge is 0.127 e. The van der Waals surface area contributed by atoms with Gasteiger partial charge in [-0.15, -0.1) is 0 Å². The Hall–Kier alpha value is -2.16. The van der Waals surface area contributed by atoms with Crippen LogP contribution in [-0.4, -0.2) is 10.2 Å². The van der Waals surface area contributed by atoms with Crippen LogP contribution in [0.5, 0.6) is 11.5 Å². The van der Waals surface area contributed by atoms with Gasteiger partial charge in [0.05, 0.1) is 5.56 Å². The van der Waals surface area contributed by atoms with Crippen LogP contribution < -0.4 is 5.73 Å². The van der Waals surface area contributed by atoms with E-state index < -0.39 is 0 Å². The summed E-state index contributed by atoms with van der Waals surface area (Å²) in [7, 11) is 0. The summed E-state index contributed by atoms with van der Waals surface area (Å²) in [6.07, 6.45) is 5.88. The van der Waals surface area contributed by atoms with Gasteiger partial charge in [-0.25, -0.2) is 0 Å². The molecule has 0 amide bonds. The number of benzene rings is 2. The predicted molar refractivity (Wildman–Crippen MR) is 111 cm³/mol. The first-order chi connectivity index (χ1) is 12.2. The van der Waals surface area contributed by atoms with Crippen molar-refractivity contribution in [2.75, 3.05) is 5.73 Å². The lowest BCUT2D eigenvalue weighted by atomic mass is 9.79. The van der Waals surface area contributed by atoms with Crippen LogP contribution >= 0.6 is 0 Å². The summed E-state index contributed by atoms with van der Waals surface area (Å²) in [4.78, 5) is 0. The summed E-state index contributed by atoms with van der Waals surface area (Å²) in [5.74, 6) is 0.232. The quantitative estimate of drug-likeness (QED) is 0.408. The maximum absolute atomic E-state index is 10.7. The highest BCUT2D eigenvalue weighted by Crippen LogP contribution is 2.43. The highest BCUT2D eigenvalue weighted by atomic mass is 16.3. The molecule has 3 nitrogen and oxygen atoms in total. The van der Waals surface area contributed by atoms with Gasteiger partial charge in [0, 0.05) is 5.69 Å². The molecule has 4 N–H and O–H groups in total. The van der Waals surface area contributed by atoms with E-state index >= 15 is 0 Å². The molecule has 2 aromatic rings. The van der Waals surface area contributed by atoms with Crippen molar-refractivity contribution < 1.29 is 10.2 Å². The zero-order chi connectivity index (χ0) is 19.5. The Morgan fingerprint density at radius 3 is 1.92 bits per heavy atom. The summed E-state index contributed by atoms with van der Waals surface area (Å²) < 4.78 is 0. The highest BCUT2D eigenvalue weighted by molar-refractivity contribution is 5.79. The van der Waals surface area contributed by atoms with Crippen LogP contribution in [0.3, 0.4) is 0 Å². The molecule has 0 aliphatic carbocycles. The van der Waals surface area contributed by atoms with E-state index in [2.05, 4.69) is 20.8 Å². The fourth-order valence-electron chi connectivity index (χ4n) is 3.56. The summed E-state index contributed by atoms with van der Waals surface area (Å²) >= 11 is 0. The molecule has 0 radical (unpaired) electrons. The van der Waals surface area contributed by atoms with Gasteiger partial charge in [0.25, 0.3) is 0 Å². The predicted octanol–water partition coefficient (Wildman–Crippen LogP) is 6.21. The molecule has 2 rings (SSSR count). The number of phenols is 2. The molecule has 142 valence electrons. The molecule has 0 fully saturated rings. The van der Waals surface area contributed by atoms with E-state index in [0.29, 0.717) is 5.56 Å². The number of unbranched alkanes of at least 4 members (excludes halogenated alkanes) is 3. The van der Waals surface area contributed by atoms with Gasteiger partial charge in [-0.2, -0.15) is 0 Å². The third kappa shape index (κ3) is 4.32. The number of phenolic OH excluding ortho intramolecular Hbond substituents is 2. The molecule has 0 aromatic heterocycles. The second-order valence-electron chi connectivity index (χ2n) is 8.11. The van der Waals surface area contributed by atoms with Crippen LogP contribution in [0, 0.1) is 13.8 Å². The van der Waals surface area contributed by atoms with E-state index in [1.54, 1.807) is 12.1 Å². The molecule has 0 saturated carbocycles. The molecular formula is C23H33NO2. The lowest BCUT2D eigenvalue weighted by Crippen LogP contribution is -2.17. The topological polar surface area (TPSA) is 66.5 Å². The molecule has 0 spiro atoms. The van der Waals surface area contributed by atoms with E-state index in [4.69, 9.17) is 5.73 Å². The first-order valence-corrected chi connectivity index (χ1v) is 9.61. The van der Waals surface area contributed by atoms with E-state index in [-0.39, 0.29) is 16.9 Å². The maximum Gasteiger partial charge on any atom is 0.127 e. The van der Waals surface area contributed by atoms with E-state index in [0.717, 1.165) is 40.8 Å². The molecule has 2 aromatic carbocycles. The van der Waals surface area contributed by atoms with Crippen LogP contribution in [0.25, 0.3) is 11.1 Å². The number of rotatable bonds is 7. The van der Waals surface area contributed by atoms with Crippen molar-refractivity contribution in [1.29, 1.82) is 0 Å². The third-order valence-electron chi connectivity index (χ3n) is 5.42. The van der Waals surface area contributed by atoms with Crippen LogP contribution in [0.4, 0.5) is 5.69 Å². The molecule has 0 heterocycles. The SMILES string of the molecule is CCCCCCC(C)(C)c1cc(O)c(-c2cc(C)c(N)c(C)c2)c(O)c1. The molecule has 0 atom stereocenters. The zero-order valence-electron chi connectivity index (χ0n) is 16.8. The van der Waals surface area contributed by atoms with Crippen molar-refractivity contribution >= 4 is 5.69 Å². The Morgan fingerprint density at radius 2 is 1.42 bits per heavy atom.